The fraction of sp³-hybridized carbons (Fsp3) is 0.200. The van der Waals surface area contributed by atoms with Gasteiger partial charge in [-0.1, -0.05) is 18.2 Å². The second kappa shape index (κ2) is 7.51. The summed E-state index contributed by atoms with van der Waals surface area (Å²) in [7, 11) is 0. The summed E-state index contributed by atoms with van der Waals surface area (Å²) in [6.07, 6.45) is 1.63. The molecule has 0 radical (unpaired) electrons. The van der Waals surface area contributed by atoms with Crippen LogP contribution in [-0.4, -0.2) is 25.9 Å². The Balaban J connectivity index is 1.41. The van der Waals surface area contributed by atoms with E-state index in [2.05, 4.69) is 15.3 Å². The summed E-state index contributed by atoms with van der Waals surface area (Å²) in [5.74, 6) is 0.515. The molecule has 0 N–H and O–H groups in total. The van der Waals surface area contributed by atoms with Gasteiger partial charge in [-0.2, -0.15) is 5.10 Å². The highest BCUT2D eigenvalue weighted by atomic mass is 16.5. The van der Waals surface area contributed by atoms with Crippen molar-refractivity contribution in [1.29, 1.82) is 0 Å². The van der Waals surface area contributed by atoms with E-state index in [0.717, 1.165) is 22.6 Å². The van der Waals surface area contributed by atoms with Crippen molar-refractivity contribution in [1.82, 2.24) is 20.0 Å². The molecule has 28 heavy (non-hydrogen) atoms. The Morgan fingerprint density at radius 3 is 2.68 bits per heavy atom. The zero-order valence-electron chi connectivity index (χ0n) is 15.5. The molecular formula is C20H18N4O4. The average Bonchev–Trinajstić information content (AvgIpc) is 3.44. The molecular weight excluding hydrogens is 360 g/mol. The third-order valence-electron chi connectivity index (χ3n) is 4.32. The number of aryl methyl sites for hydroxylation is 1. The van der Waals surface area contributed by atoms with E-state index in [4.69, 9.17) is 13.6 Å². The molecule has 0 amide bonds. The molecule has 0 saturated carbocycles. The molecule has 4 rings (SSSR count). The number of para-hydroxylation sites is 1. The molecule has 0 aliphatic carbocycles. The highest BCUT2D eigenvalue weighted by Gasteiger charge is 2.18. The molecule has 0 atom stereocenters. The molecule has 142 valence electrons. The highest BCUT2D eigenvalue weighted by Crippen LogP contribution is 2.20. The van der Waals surface area contributed by atoms with Crippen molar-refractivity contribution in [2.75, 3.05) is 0 Å². The van der Waals surface area contributed by atoms with Gasteiger partial charge in [0.05, 0.1) is 24.1 Å². The highest BCUT2D eigenvalue weighted by molar-refractivity contribution is 5.73. The molecule has 0 aliphatic heterocycles. The molecule has 0 fully saturated rings. The summed E-state index contributed by atoms with van der Waals surface area (Å²) in [6.45, 7) is 3.71. The number of aromatic nitrogens is 4. The zero-order valence-corrected chi connectivity index (χ0v) is 15.5. The summed E-state index contributed by atoms with van der Waals surface area (Å²) in [6, 6.07) is 13.2. The normalized spacial score (nSPS) is 10.9. The first kappa shape index (κ1) is 17.7. The third kappa shape index (κ3) is 3.57. The number of carbonyl (C=O) groups excluding carboxylic acids is 1. The standard InChI is InChI=1S/C20H18N4O4/c1-13-16(14(2)24(23-13)15-7-4-3-5-8-15)11-19(25)27-12-18-21-22-20(28-18)17-9-6-10-26-17/h3-10H,11-12H2,1-2H3. The maximum Gasteiger partial charge on any atom is 0.310 e. The van der Waals surface area contributed by atoms with E-state index < -0.39 is 5.97 Å². The smallest absolute Gasteiger partial charge is 0.310 e. The Morgan fingerprint density at radius 2 is 1.93 bits per heavy atom. The molecule has 0 spiro atoms. The SMILES string of the molecule is Cc1nn(-c2ccccc2)c(C)c1CC(=O)OCc1nnc(-c2ccco2)o1. The van der Waals surface area contributed by atoms with Crippen molar-refractivity contribution in [2.45, 2.75) is 26.9 Å². The van der Waals surface area contributed by atoms with Gasteiger partial charge in [0.2, 0.25) is 0 Å². The molecule has 3 heterocycles. The van der Waals surface area contributed by atoms with Gasteiger partial charge in [0.1, 0.15) is 0 Å². The second-order valence-corrected chi connectivity index (χ2v) is 6.21. The van der Waals surface area contributed by atoms with Gasteiger partial charge in [-0.05, 0) is 38.1 Å². The lowest BCUT2D eigenvalue weighted by atomic mass is 10.1. The first-order chi connectivity index (χ1) is 13.6. The summed E-state index contributed by atoms with van der Waals surface area (Å²) in [5, 5.41) is 12.3. The van der Waals surface area contributed by atoms with E-state index in [1.807, 2.05) is 48.9 Å². The quantitative estimate of drug-likeness (QED) is 0.474. The Labute approximate surface area is 160 Å². The van der Waals surface area contributed by atoms with E-state index in [0.29, 0.717) is 5.76 Å². The van der Waals surface area contributed by atoms with E-state index in [1.165, 1.54) is 6.26 Å². The molecule has 8 heteroatoms. The van der Waals surface area contributed by atoms with Gasteiger partial charge in [-0.15, -0.1) is 10.2 Å². The number of nitrogens with zero attached hydrogens (tertiary/aromatic N) is 4. The van der Waals surface area contributed by atoms with Gasteiger partial charge in [0.15, 0.2) is 12.4 Å². The topological polar surface area (TPSA) is 96.2 Å². The van der Waals surface area contributed by atoms with Crippen molar-refractivity contribution < 1.29 is 18.4 Å². The Hall–Kier alpha value is -3.68. The molecule has 4 aromatic rings. The molecule has 0 bridgehead atoms. The van der Waals surface area contributed by atoms with Gasteiger partial charge in [0.25, 0.3) is 11.8 Å². The maximum absolute atomic E-state index is 12.3. The van der Waals surface area contributed by atoms with E-state index in [1.54, 1.807) is 12.1 Å². The number of esters is 1. The van der Waals surface area contributed by atoms with Crippen LogP contribution in [0.15, 0.2) is 57.6 Å². The van der Waals surface area contributed by atoms with E-state index >= 15 is 0 Å². The summed E-state index contributed by atoms with van der Waals surface area (Å²) < 4.78 is 17.7. The fourth-order valence-electron chi connectivity index (χ4n) is 2.90. The van der Waals surface area contributed by atoms with Crippen LogP contribution in [0, 0.1) is 13.8 Å². The number of rotatable bonds is 6. The summed E-state index contributed by atoms with van der Waals surface area (Å²) in [4.78, 5) is 12.3. The molecule has 1 aromatic carbocycles. The number of carbonyl (C=O) groups is 1. The van der Waals surface area contributed by atoms with Gasteiger partial charge in [0, 0.05) is 11.3 Å². The number of hydrogen-bond acceptors (Lipinski definition) is 7. The fourth-order valence-corrected chi connectivity index (χ4v) is 2.90. The Kier molecular flexibility index (Phi) is 4.76. The zero-order chi connectivity index (χ0) is 19.5. The number of hydrogen-bond donors (Lipinski definition) is 0. The molecule has 0 unspecified atom stereocenters. The van der Waals surface area contributed by atoms with Crippen molar-refractivity contribution in [3.63, 3.8) is 0 Å². The number of furan rings is 1. The minimum Gasteiger partial charge on any atom is -0.459 e. The van der Waals surface area contributed by atoms with E-state index in [-0.39, 0.29) is 24.8 Å². The molecule has 0 aliphatic rings. The van der Waals surface area contributed by atoms with Crippen LogP contribution in [0.25, 0.3) is 17.3 Å². The largest absolute Gasteiger partial charge is 0.459 e. The lowest BCUT2D eigenvalue weighted by Gasteiger charge is -2.05. The lowest BCUT2D eigenvalue weighted by Crippen LogP contribution is -2.09. The van der Waals surface area contributed by atoms with Crippen LogP contribution >= 0.6 is 0 Å². The van der Waals surface area contributed by atoms with Crippen LogP contribution in [-0.2, 0) is 22.6 Å². The van der Waals surface area contributed by atoms with Crippen LogP contribution in [0.5, 0.6) is 0 Å². The number of ether oxygens (including phenoxy) is 1. The molecule has 3 aromatic heterocycles. The maximum atomic E-state index is 12.3. The molecule has 0 saturated heterocycles. The van der Waals surface area contributed by atoms with Gasteiger partial charge < -0.3 is 13.6 Å². The molecule has 8 nitrogen and oxygen atoms in total. The average molecular weight is 378 g/mol. The van der Waals surface area contributed by atoms with Gasteiger partial charge in [-0.3, -0.25) is 4.79 Å². The number of benzene rings is 1. The monoisotopic (exact) mass is 378 g/mol. The third-order valence-corrected chi connectivity index (χ3v) is 4.32. The van der Waals surface area contributed by atoms with E-state index in [9.17, 15) is 4.79 Å². The first-order valence-electron chi connectivity index (χ1n) is 8.74. The van der Waals surface area contributed by atoms with Crippen molar-refractivity contribution in [3.05, 3.63) is 71.6 Å². The van der Waals surface area contributed by atoms with Crippen LogP contribution in [0.2, 0.25) is 0 Å². The Morgan fingerprint density at radius 1 is 1.11 bits per heavy atom. The van der Waals surface area contributed by atoms with Crippen LogP contribution in [0.1, 0.15) is 22.8 Å². The predicted octanol–water partition coefficient (Wildman–Crippen LogP) is 3.42. The summed E-state index contributed by atoms with van der Waals surface area (Å²) in [5.41, 5.74) is 3.48. The minimum atomic E-state index is -0.392. The minimum absolute atomic E-state index is 0.0997. The van der Waals surface area contributed by atoms with Crippen molar-refractivity contribution in [3.8, 4) is 17.3 Å². The van der Waals surface area contributed by atoms with Crippen LogP contribution in [0.4, 0.5) is 0 Å². The van der Waals surface area contributed by atoms with Gasteiger partial charge >= 0.3 is 5.97 Å². The van der Waals surface area contributed by atoms with Crippen LogP contribution in [0.3, 0.4) is 0 Å². The van der Waals surface area contributed by atoms with Crippen LogP contribution < -0.4 is 0 Å². The Bertz CT molecular complexity index is 1080. The summed E-state index contributed by atoms with van der Waals surface area (Å²) >= 11 is 0. The van der Waals surface area contributed by atoms with Crippen molar-refractivity contribution in [2.24, 2.45) is 0 Å². The predicted molar refractivity (Wildman–Crippen MR) is 98.5 cm³/mol. The lowest BCUT2D eigenvalue weighted by molar-refractivity contribution is -0.144. The van der Waals surface area contributed by atoms with Gasteiger partial charge in [-0.25, -0.2) is 4.68 Å². The van der Waals surface area contributed by atoms with Crippen molar-refractivity contribution >= 4 is 5.97 Å². The second-order valence-electron chi connectivity index (χ2n) is 6.21. The first-order valence-corrected chi connectivity index (χ1v) is 8.74.